The Bertz CT molecular complexity index is 1280. The number of aryl methyl sites for hydroxylation is 1. The molecule has 0 aliphatic carbocycles. The molecule has 1 amide bonds. The van der Waals surface area contributed by atoms with Crippen molar-refractivity contribution >= 4 is 21.9 Å². The first-order valence-electron chi connectivity index (χ1n) is 11.2. The van der Waals surface area contributed by atoms with Gasteiger partial charge in [0.2, 0.25) is 15.8 Å². The van der Waals surface area contributed by atoms with Crippen LogP contribution in [-0.4, -0.2) is 49.4 Å². The Morgan fingerprint density at radius 1 is 1.11 bits per heavy atom. The van der Waals surface area contributed by atoms with Crippen LogP contribution in [0.25, 0.3) is 0 Å². The minimum Gasteiger partial charge on any atom is -0.418 e. The van der Waals surface area contributed by atoms with Gasteiger partial charge >= 0.3 is 6.01 Å². The molecule has 4 N–H and O–H groups in total. The van der Waals surface area contributed by atoms with E-state index in [9.17, 15) is 27.1 Å². The molecular formula is C24H28F2N4O5S. The predicted molar refractivity (Wildman–Crippen MR) is 130 cm³/mol. The number of carbonyl (C=O) groups excluding carboxylic acids is 1. The zero-order valence-corrected chi connectivity index (χ0v) is 20.6. The number of sulfonamides is 1. The molecule has 12 heteroatoms. The molecule has 3 aromatic rings. The molecule has 0 aliphatic rings. The highest BCUT2D eigenvalue weighted by atomic mass is 32.2. The van der Waals surface area contributed by atoms with Crippen molar-refractivity contribution in [2.24, 2.45) is 0 Å². The van der Waals surface area contributed by atoms with E-state index in [0.717, 1.165) is 42.6 Å². The molecule has 9 nitrogen and oxygen atoms in total. The Hall–Kier alpha value is -3.35. The summed E-state index contributed by atoms with van der Waals surface area (Å²) in [5.74, 6) is -2.68. The topological polar surface area (TPSA) is 134 Å². The number of nitrogens with zero attached hydrogens (tertiary/aromatic N) is 1. The second-order valence-electron chi connectivity index (χ2n) is 8.34. The van der Waals surface area contributed by atoms with Crippen molar-refractivity contribution in [2.45, 2.75) is 38.5 Å². The lowest BCUT2D eigenvalue weighted by molar-refractivity contribution is 0.0805. The van der Waals surface area contributed by atoms with Crippen LogP contribution in [0, 0.1) is 11.6 Å². The van der Waals surface area contributed by atoms with Crippen LogP contribution in [0.1, 0.15) is 34.2 Å². The lowest BCUT2D eigenvalue weighted by atomic mass is 10.0. The van der Waals surface area contributed by atoms with E-state index in [1.54, 1.807) is 0 Å². The fourth-order valence-corrected chi connectivity index (χ4v) is 3.97. The highest BCUT2D eigenvalue weighted by Gasteiger charge is 2.25. The molecule has 194 valence electrons. The highest BCUT2D eigenvalue weighted by molar-refractivity contribution is 7.91. The van der Waals surface area contributed by atoms with Gasteiger partial charge < -0.3 is 20.2 Å². The number of nitrogens with one attached hydrogen (secondary N) is 3. The summed E-state index contributed by atoms with van der Waals surface area (Å²) in [5, 5.41) is 16.5. The number of aliphatic hydroxyl groups is 1. The van der Waals surface area contributed by atoms with E-state index >= 15 is 0 Å². The summed E-state index contributed by atoms with van der Waals surface area (Å²) in [7, 11) is -3.67. The van der Waals surface area contributed by atoms with Crippen molar-refractivity contribution in [2.75, 3.05) is 17.5 Å². The third kappa shape index (κ3) is 8.40. The SMILES string of the molecule is CCc1cccc(CNC[C@@H](O)[C@H](Cc2cc(F)cc(F)c2)NC(=O)c2cnc(NS(C)(=O)=O)o2)c1. The van der Waals surface area contributed by atoms with E-state index in [2.05, 4.69) is 15.6 Å². The number of oxazole rings is 1. The van der Waals surface area contributed by atoms with E-state index in [1.165, 1.54) is 5.56 Å². The van der Waals surface area contributed by atoms with Gasteiger partial charge in [-0.1, -0.05) is 31.2 Å². The number of halogens is 2. The average molecular weight is 523 g/mol. The van der Waals surface area contributed by atoms with Gasteiger partial charge in [0, 0.05) is 19.2 Å². The zero-order chi connectivity index (χ0) is 26.3. The Balaban J connectivity index is 1.71. The molecule has 3 rings (SSSR count). The molecule has 0 bridgehead atoms. The van der Waals surface area contributed by atoms with Crippen LogP contribution in [0.3, 0.4) is 0 Å². The van der Waals surface area contributed by atoms with Gasteiger partial charge in [-0.25, -0.2) is 26.9 Å². The largest absolute Gasteiger partial charge is 0.418 e. The first-order valence-corrected chi connectivity index (χ1v) is 13.1. The Labute approximate surface area is 208 Å². The van der Waals surface area contributed by atoms with E-state index in [-0.39, 0.29) is 24.3 Å². The average Bonchev–Trinajstić information content (AvgIpc) is 3.25. The maximum absolute atomic E-state index is 13.7. The van der Waals surface area contributed by atoms with Crippen molar-refractivity contribution in [1.29, 1.82) is 0 Å². The quantitative estimate of drug-likeness (QED) is 0.287. The monoisotopic (exact) mass is 522 g/mol. The van der Waals surface area contributed by atoms with Crippen LogP contribution in [-0.2, 0) is 29.4 Å². The molecule has 0 unspecified atom stereocenters. The number of aliphatic hydroxyl groups excluding tert-OH is 1. The molecule has 0 fully saturated rings. The highest BCUT2D eigenvalue weighted by Crippen LogP contribution is 2.14. The summed E-state index contributed by atoms with van der Waals surface area (Å²) >= 11 is 0. The van der Waals surface area contributed by atoms with Crippen LogP contribution in [0.5, 0.6) is 0 Å². The second kappa shape index (κ2) is 12.1. The number of amides is 1. The maximum atomic E-state index is 13.7. The van der Waals surface area contributed by atoms with Crippen molar-refractivity contribution in [3.05, 3.63) is 82.7 Å². The van der Waals surface area contributed by atoms with Crippen molar-refractivity contribution in [3.63, 3.8) is 0 Å². The van der Waals surface area contributed by atoms with Crippen LogP contribution in [0.15, 0.2) is 53.1 Å². The lowest BCUT2D eigenvalue weighted by Gasteiger charge is -2.24. The van der Waals surface area contributed by atoms with Crippen LogP contribution in [0.2, 0.25) is 0 Å². The third-order valence-corrected chi connectivity index (χ3v) is 5.79. The third-order valence-electron chi connectivity index (χ3n) is 5.24. The van der Waals surface area contributed by atoms with Gasteiger partial charge in [0.15, 0.2) is 0 Å². The van der Waals surface area contributed by atoms with Crippen molar-refractivity contribution < 1.29 is 31.5 Å². The van der Waals surface area contributed by atoms with Gasteiger partial charge in [0.05, 0.1) is 24.6 Å². The summed E-state index contributed by atoms with van der Waals surface area (Å²) in [5.41, 5.74) is 2.41. The van der Waals surface area contributed by atoms with Crippen molar-refractivity contribution in [1.82, 2.24) is 15.6 Å². The Morgan fingerprint density at radius 3 is 2.47 bits per heavy atom. The first kappa shape index (κ1) is 27.2. The molecule has 0 saturated carbocycles. The summed E-state index contributed by atoms with van der Waals surface area (Å²) in [4.78, 5) is 16.4. The van der Waals surface area contributed by atoms with Crippen LogP contribution in [0.4, 0.5) is 14.8 Å². The molecule has 2 atom stereocenters. The van der Waals surface area contributed by atoms with Gasteiger partial charge in [-0.2, -0.15) is 0 Å². The summed E-state index contributed by atoms with van der Waals surface area (Å²) in [6.07, 6.45) is 1.57. The molecule has 0 saturated heterocycles. The molecule has 1 aromatic heterocycles. The molecular weight excluding hydrogens is 494 g/mol. The van der Waals surface area contributed by atoms with Crippen LogP contribution < -0.4 is 15.4 Å². The number of anilines is 1. The lowest BCUT2D eigenvalue weighted by Crippen LogP contribution is -2.48. The first-order chi connectivity index (χ1) is 17.0. The van der Waals surface area contributed by atoms with Gasteiger partial charge in [-0.15, -0.1) is 0 Å². The van der Waals surface area contributed by atoms with Crippen LogP contribution >= 0.6 is 0 Å². The predicted octanol–water partition coefficient (Wildman–Crippen LogP) is 2.38. The van der Waals surface area contributed by atoms with E-state index in [1.807, 2.05) is 35.9 Å². The fourth-order valence-electron chi connectivity index (χ4n) is 3.56. The van der Waals surface area contributed by atoms with Gasteiger partial charge in [-0.05, 0) is 41.7 Å². The number of benzene rings is 2. The van der Waals surface area contributed by atoms with Gasteiger partial charge in [0.1, 0.15) is 11.6 Å². The standard InChI is InChI=1S/C24H28F2N4O5S/c1-3-15-5-4-6-16(7-15)12-27-13-21(31)20(10-17-8-18(25)11-19(26)9-17)29-23(32)22-14-28-24(35-22)30-36(2,33)34/h4-9,11,14,20-21,27,31H,3,10,12-13H2,1-2H3,(H,28,30)(H,29,32)/t20-,21+/m0/s1. The van der Waals surface area contributed by atoms with E-state index in [4.69, 9.17) is 4.42 Å². The Morgan fingerprint density at radius 2 is 1.81 bits per heavy atom. The smallest absolute Gasteiger partial charge is 0.309 e. The molecule has 0 aliphatic heterocycles. The number of rotatable bonds is 12. The zero-order valence-electron chi connectivity index (χ0n) is 19.8. The summed E-state index contributed by atoms with van der Waals surface area (Å²) in [6.45, 7) is 2.58. The van der Waals surface area contributed by atoms with E-state index in [0.29, 0.717) is 6.54 Å². The van der Waals surface area contributed by atoms with Gasteiger partial charge in [-0.3, -0.25) is 4.79 Å². The summed E-state index contributed by atoms with van der Waals surface area (Å²) in [6, 6.07) is 9.53. The summed E-state index contributed by atoms with van der Waals surface area (Å²) < 4.78 is 57.2. The molecule has 1 heterocycles. The van der Waals surface area contributed by atoms with Crippen molar-refractivity contribution in [3.8, 4) is 0 Å². The number of hydrogen-bond donors (Lipinski definition) is 4. The number of hydrogen-bond acceptors (Lipinski definition) is 7. The minimum atomic E-state index is -3.67. The molecule has 0 spiro atoms. The number of carbonyl (C=O) groups is 1. The molecule has 2 aromatic carbocycles. The number of aromatic nitrogens is 1. The van der Waals surface area contributed by atoms with Gasteiger partial charge in [0.25, 0.3) is 5.91 Å². The normalized spacial score (nSPS) is 13.2. The second-order valence-corrected chi connectivity index (χ2v) is 10.1. The van der Waals surface area contributed by atoms with E-state index < -0.39 is 45.7 Å². The molecule has 0 radical (unpaired) electrons. The Kier molecular flexibility index (Phi) is 9.13. The maximum Gasteiger partial charge on any atom is 0.309 e. The minimum absolute atomic E-state index is 0.0659. The molecule has 36 heavy (non-hydrogen) atoms. The fraction of sp³-hybridized carbons (Fsp3) is 0.333.